The summed E-state index contributed by atoms with van der Waals surface area (Å²) in [6.07, 6.45) is 6.80. The first-order valence-corrected chi connectivity index (χ1v) is 10.5. The van der Waals surface area contributed by atoms with Crippen LogP contribution in [-0.2, 0) is 16.8 Å². The minimum absolute atomic E-state index is 0.106. The van der Waals surface area contributed by atoms with Crippen LogP contribution in [0.1, 0.15) is 24.1 Å². The highest BCUT2D eigenvalue weighted by Crippen LogP contribution is 2.35. The molecule has 0 spiro atoms. The molecule has 4 rings (SSSR count). The van der Waals surface area contributed by atoms with Crippen molar-refractivity contribution < 1.29 is 9.53 Å². The Morgan fingerprint density at radius 1 is 1.06 bits per heavy atom. The molecule has 1 aliphatic rings. The Labute approximate surface area is 182 Å². The van der Waals surface area contributed by atoms with Gasteiger partial charge in [-0.1, -0.05) is 18.2 Å². The highest BCUT2D eigenvalue weighted by molar-refractivity contribution is 5.88. The van der Waals surface area contributed by atoms with Crippen LogP contribution in [0.2, 0.25) is 0 Å². The lowest BCUT2D eigenvalue weighted by molar-refractivity contribution is -0.137. The number of ether oxygens (including phenoxy) is 1. The molecule has 1 saturated heterocycles. The van der Waals surface area contributed by atoms with E-state index < -0.39 is 5.41 Å². The monoisotopic (exact) mass is 417 g/mol. The number of likely N-dealkylation sites (N-methyl/N-ethyl adjacent to an activating group) is 1. The summed E-state index contributed by atoms with van der Waals surface area (Å²) >= 11 is 0. The second kappa shape index (κ2) is 9.22. The van der Waals surface area contributed by atoms with Gasteiger partial charge in [-0.3, -0.25) is 14.7 Å². The molecule has 1 fully saturated rings. The van der Waals surface area contributed by atoms with Gasteiger partial charge in [0.15, 0.2) is 0 Å². The van der Waals surface area contributed by atoms with Crippen molar-refractivity contribution in [2.75, 3.05) is 27.2 Å². The first-order chi connectivity index (χ1) is 15.1. The Hall–Kier alpha value is -3.32. The Balaban J connectivity index is 1.54. The van der Waals surface area contributed by atoms with Crippen molar-refractivity contribution in [1.82, 2.24) is 24.8 Å². The lowest BCUT2D eigenvalue weighted by Crippen LogP contribution is -2.54. The van der Waals surface area contributed by atoms with E-state index in [1.165, 1.54) is 0 Å². The second-order valence-corrected chi connectivity index (χ2v) is 8.09. The van der Waals surface area contributed by atoms with E-state index in [0.717, 1.165) is 37.2 Å². The largest absolute Gasteiger partial charge is 0.424 e. The zero-order valence-electron chi connectivity index (χ0n) is 17.9. The topological polar surface area (TPSA) is 71.5 Å². The predicted molar refractivity (Wildman–Crippen MR) is 118 cm³/mol. The number of benzene rings is 1. The number of hydrogen-bond donors (Lipinski definition) is 0. The van der Waals surface area contributed by atoms with Crippen LogP contribution in [0.4, 0.5) is 0 Å². The van der Waals surface area contributed by atoms with Crippen molar-refractivity contribution in [3.05, 3.63) is 78.4 Å². The van der Waals surface area contributed by atoms with Crippen LogP contribution >= 0.6 is 0 Å². The number of carbonyl (C=O) groups is 1. The number of amides is 1. The molecule has 7 heteroatoms. The van der Waals surface area contributed by atoms with Crippen molar-refractivity contribution in [3.63, 3.8) is 0 Å². The van der Waals surface area contributed by atoms with Crippen molar-refractivity contribution in [3.8, 4) is 11.8 Å². The summed E-state index contributed by atoms with van der Waals surface area (Å²) < 4.78 is 5.78. The summed E-state index contributed by atoms with van der Waals surface area (Å²) in [4.78, 5) is 30.1. The lowest BCUT2D eigenvalue weighted by atomic mass is 9.75. The van der Waals surface area contributed by atoms with Gasteiger partial charge >= 0.3 is 6.01 Å². The van der Waals surface area contributed by atoms with Gasteiger partial charge < -0.3 is 9.64 Å². The van der Waals surface area contributed by atoms with E-state index in [4.69, 9.17) is 4.74 Å². The number of carbonyl (C=O) groups excluding carboxylic acids is 1. The second-order valence-electron chi connectivity index (χ2n) is 8.09. The van der Waals surface area contributed by atoms with Crippen LogP contribution in [0.5, 0.6) is 11.8 Å². The average Bonchev–Trinajstić information content (AvgIpc) is 2.80. The van der Waals surface area contributed by atoms with Gasteiger partial charge in [0.1, 0.15) is 11.2 Å². The third kappa shape index (κ3) is 4.72. The molecule has 1 amide bonds. The molecule has 0 unspecified atom stereocenters. The van der Waals surface area contributed by atoms with E-state index in [9.17, 15) is 4.79 Å². The van der Waals surface area contributed by atoms with Gasteiger partial charge in [-0.25, -0.2) is 9.97 Å². The minimum atomic E-state index is -0.630. The molecule has 3 heterocycles. The maximum atomic E-state index is 13.3. The zero-order chi connectivity index (χ0) is 21.7. The van der Waals surface area contributed by atoms with Crippen LogP contribution in [0.15, 0.2) is 67.1 Å². The molecule has 160 valence electrons. The summed E-state index contributed by atoms with van der Waals surface area (Å²) in [5, 5.41) is 0. The summed E-state index contributed by atoms with van der Waals surface area (Å²) in [5.41, 5.74) is 1.33. The Morgan fingerprint density at radius 2 is 1.87 bits per heavy atom. The van der Waals surface area contributed by atoms with Gasteiger partial charge in [0.25, 0.3) is 0 Å². The Morgan fingerprint density at radius 3 is 2.61 bits per heavy atom. The maximum absolute atomic E-state index is 13.3. The molecule has 0 bridgehead atoms. The van der Waals surface area contributed by atoms with Gasteiger partial charge in [0.05, 0.1) is 5.69 Å². The molecule has 31 heavy (non-hydrogen) atoms. The van der Waals surface area contributed by atoms with Crippen LogP contribution in [0, 0.1) is 0 Å². The highest BCUT2D eigenvalue weighted by atomic mass is 16.5. The van der Waals surface area contributed by atoms with Gasteiger partial charge in [0, 0.05) is 45.8 Å². The number of nitrogens with zero attached hydrogens (tertiary/aromatic N) is 5. The predicted octanol–water partition coefficient (Wildman–Crippen LogP) is 3.29. The standard InChI is InChI=1S/C24H27N5O2/c1-28(2)22(30)24(21-10-3-4-12-25-21)11-6-15-29(18-24)17-19-8-5-9-20(16-19)31-23-26-13-7-14-27-23/h3-5,7-10,12-14,16H,6,11,15,17-18H2,1-2H3/t24-/m1/s1. The molecule has 1 aromatic carbocycles. The van der Waals surface area contributed by atoms with E-state index in [1.54, 1.807) is 29.6 Å². The van der Waals surface area contributed by atoms with Crippen molar-refractivity contribution in [2.45, 2.75) is 24.8 Å². The van der Waals surface area contributed by atoms with E-state index in [-0.39, 0.29) is 5.91 Å². The first-order valence-electron chi connectivity index (χ1n) is 10.5. The fourth-order valence-corrected chi connectivity index (χ4v) is 4.26. The van der Waals surface area contributed by atoms with Crippen LogP contribution < -0.4 is 4.74 Å². The molecule has 3 aromatic rings. The molecule has 1 atom stereocenters. The third-order valence-corrected chi connectivity index (χ3v) is 5.60. The molecular weight excluding hydrogens is 390 g/mol. The Bertz CT molecular complexity index is 1010. The highest BCUT2D eigenvalue weighted by Gasteiger charge is 2.45. The van der Waals surface area contributed by atoms with Crippen molar-refractivity contribution in [1.29, 1.82) is 0 Å². The number of rotatable bonds is 6. The molecule has 0 aliphatic carbocycles. The number of hydrogen-bond acceptors (Lipinski definition) is 6. The van der Waals surface area contributed by atoms with Gasteiger partial charge in [-0.15, -0.1) is 0 Å². The number of aromatic nitrogens is 3. The molecule has 0 N–H and O–H groups in total. The van der Waals surface area contributed by atoms with E-state index in [1.807, 2.05) is 50.5 Å². The van der Waals surface area contributed by atoms with E-state index >= 15 is 0 Å². The normalized spacial score (nSPS) is 19.0. The number of likely N-dealkylation sites (tertiary alicyclic amines) is 1. The number of pyridine rings is 1. The van der Waals surface area contributed by atoms with E-state index in [0.29, 0.717) is 18.3 Å². The molecule has 7 nitrogen and oxygen atoms in total. The molecular formula is C24H27N5O2. The van der Waals surface area contributed by atoms with Crippen molar-refractivity contribution in [2.24, 2.45) is 0 Å². The van der Waals surface area contributed by atoms with Gasteiger partial charge in [-0.05, 0) is 55.3 Å². The Kier molecular flexibility index (Phi) is 6.23. The summed E-state index contributed by atoms with van der Waals surface area (Å²) in [6.45, 7) is 2.29. The first kappa shape index (κ1) is 20.9. The van der Waals surface area contributed by atoms with Crippen LogP contribution in [0.25, 0.3) is 0 Å². The quantitative estimate of drug-likeness (QED) is 0.613. The van der Waals surface area contributed by atoms with Crippen LogP contribution in [-0.4, -0.2) is 57.8 Å². The smallest absolute Gasteiger partial charge is 0.321 e. The van der Waals surface area contributed by atoms with Crippen molar-refractivity contribution >= 4 is 5.91 Å². The molecule has 2 aromatic heterocycles. The SMILES string of the molecule is CN(C)C(=O)[C@]1(c2ccccn2)CCCN(Cc2cccc(Oc3ncccn3)c2)C1. The molecule has 1 aliphatic heterocycles. The summed E-state index contributed by atoms with van der Waals surface area (Å²) in [7, 11) is 3.64. The maximum Gasteiger partial charge on any atom is 0.321 e. The average molecular weight is 418 g/mol. The minimum Gasteiger partial charge on any atom is -0.424 e. The third-order valence-electron chi connectivity index (χ3n) is 5.60. The van der Waals surface area contributed by atoms with Gasteiger partial charge in [0.2, 0.25) is 5.91 Å². The fraction of sp³-hybridized carbons (Fsp3) is 0.333. The zero-order valence-corrected chi connectivity index (χ0v) is 17.9. The summed E-state index contributed by atoms with van der Waals surface area (Å²) in [5.74, 6) is 0.801. The fourth-order valence-electron chi connectivity index (χ4n) is 4.26. The van der Waals surface area contributed by atoms with Crippen LogP contribution in [0.3, 0.4) is 0 Å². The number of piperidine rings is 1. The van der Waals surface area contributed by atoms with Gasteiger partial charge in [-0.2, -0.15) is 0 Å². The lowest BCUT2D eigenvalue weighted by Gasteiger charge is -2.42. The van der Waals surface area contributed by atoms with E-state index in [2.05, 4.69) is 25.9 Å². The molecule has 0 saturated carbocycles. The summed E-state index contributed by atoms with van der Waals surface area (Å²) in [6, 6.07) is 15.8. The molecule has 0 radical (unpaired) electrons.